The third-order valence-electron chi connectivity index (χ3n) is 7.97. The molecule has 0 heterocycles. The topological polar surface area (TPSA) is 0 Å². The van der Waals surface area contributed by atoms with Crippen LogP contribution in [-0.4, -0.2) is 8.07 Å². The summed E-state index contributed by atoms with van der Waals surface area (Å²) in [6.07, 6.45) is 20.0. The van der Waals surface area contributed by atoms with Gasteiger partial charge in [-0.15, -0.1) is 0 Å². The van der Waals surface area contributed by atoms with E-state index >= 15 is 0 Å². The predicted molar refractivity (Wildman–Crippen MR) is 153 cm³/mol. The SMILES string of the molecule is C1=CC2=C(C[Si](CC3=CCCC=C3)(c3ccccc3)c3ccccc3)c3ccccc3CC2C=C1. The Morgan fingerprint density at radius 3 is 2.11 bits per heavy atom. The van der Waals surface area contributed by atoms with Crippen molar-refractivity contribution in [3.05, 3.63) is 150 Å². The van der Waals surface area contributed by atoms with Crippen molar-refractivity contribution in [1.82, 2.24) is 0 Å². The molecule has 0 N–H and O–H groups in total. The molecule has 1 unspecified atom stereocenters. The first-order chi connectivity index (χ1) is 17.3. The fourth-order valence-electron chi connectivity index (χ4n) is 6.27. The van der Waals surface area contributed by atoms with Crippen LogP contribution < -0.4 is 10.4 Å². The minimum absolute atomic E-state index is 0.483. The van der Waals surface area contributed by atoms with Gasteiger partial charge in [-0.1, -0.05) is 143 Å². The first-order valence-corrected chi connectivity index (χ1v) is 15.4. The number of fused-ring (bicyclic) bond motifs is 2. The number of benzene rings is 3. The summed E-state index contributed by atoms with van der Waals surface area (Å²) in [5, 5.41) is 3.07. The highest BCUT2D eigenvalue weighted by molar-refractivity contribution is 7.03. The second-order valence-corrected chi connectivity index (χ2v) is 14.1. The zero-order chi connectivity index (χ0) is 23.5. The fourth-order valence-corrected chi connectivity index (χ4v) is 11.2. The molecule has 0 nitrogen and oxygen atoms in total. The van der Waals surface area contributed by atoms with Crippen LogP contribution in [0.1, 0.15) is 24.0 Å². The summed E-state index contributed by atoms with van der Waals surface area (Å²) >= 11 is 0. The predicted octanol–water partition coefficient (Wildman–Crippen LogP) is 7.28. The first-order valence-electron chi connectivity index (χ1n) is 13.0. The van der Waals surface area contributed by atoms with Crippen LogP contribution in [-0.2, 0) is 6.42 Å². The summed E-state index contributed by atoms with van der Waals surface area (Å²) in [6.45, 7) is 0. The molecule has 0 bridgehead atoms. The van der Waals surface area contributed by atoms with Crippen LogP contribution in [0.25, 0.3) is 5.57 Å². The normalized spacial score (nSPS) is 18.7. The number of hydrogen-bond donors (Lipinski definition) is 0. The molecular formula is C34H32Si. The van der Waals surface area contributed by atoms with Crippen LogP contribution in [0.15, 0.2) is 139 Å². The molecule has 0 fully saturated rings. The summed E-state index contributed by atoms with van der Waals surface area (Å²) in [4.78, 5) is 0. The standard InChI is InChI=1S/C34H32Si/c1-4-14-27(15-5-1)25-35(30-18-6-2-7-19-30,31-20-8-3-9-21-31)26-34-32-22-12-10-16-28(32)24-29-17-11-13-23-33(29)34/h2-4,6-23,28H,1,5,24-26H2. The molecule has 3 aromatic rings. The Balaban J connectivity index is 1.58. The second kappa shape index (κ2) is 9.68. The quantitative estimate of drug-likeness (QED) is 0.334. The van der Waals surface area contributed by atoms with Crippen LogP contribution in [0.5, 0.6) is 0 Å². The molecule has 0 radical (unpaired) electrons. The van der Waals surface area contributed by atoms with Crippen molar-refractivity contribution in [2.24, 2.45) is 5.92 Å². The van der Waals surface area contributed by atoms with Crippen molar-refractivity contribution in [2.45, 2.75) is 31.4 Å². The van der Waals surface area contributed by atoms with Crippen molar-refractivity contribution < 1.29 is 0 Å². The highest BCUT2D eigenvalue weighted by Crippen LogP contribution is 2.43. The van der Waals surface area contributed by atoms with E-state index in [0.717, 1.165) is 31.4 Å². The van der Waals surface area contributed by atoms with E-state index in [2.05, 4.69) is 127 Å². The van der Waals surface area contributed by atoms with Gasteiger partial charge in [0.25, 0.3) is 0 Å². The van der Waals surface area contributed by atoms with Gasteiger partial charge in [-0.05, 0) is 53.6 Å². The molecule has 0 amide bonds. The van der Waals surface area contributed by atoms with E-state index < -0.39 is 8.07 Å². The van der Waals surface area contributed by atoms with E-state index in [1.165, 1.54) is 32.6 Å². The highest BCUT2D eigenvalue weighted by Gasteiger charge is 2.40. The molecule has 0 aliphatic heterocycles. The monoisotopic (exact) mass is 468 g/mol. The van der Waals surface area contributed by atoms with E-state index in [4.69, 9.17) is 0 Å². The minimum atomic E-state index is -2.20. The Labute approximate surface area is 210 Å². The molecule has 6 rings (SSSR count). The molecule has 0 aromatic heterocycles. The third kappa shape index (κ3) is 4.26. The smallest absolute Gasteiger partial charge is 0.0840 e. The van der Waals surface area contributed by atoms with Crippen LogP contribution in [0, 0.1) is 5.92 Å². The molecule has 3 aliphatic rings. The van der Waals surface area contributed by atoms with E-state index in [0.29, 0.717) is 5.92 Å². The van der Waals surface area contributed by atoms with Gasteiger partial charge >= 0.3 is 0 Å². The number of rotatable bonds is 6. The molecule has 3 aromatic carbocycles. The van der Waals surface area contributed by atoms with Crippen LogP contribution in [0.2, 0.25) is 12.1 Å². The van der Waals surface area contributed by atoms with Gasteiger partial charge in [-0.25, -0.2) is 0 Å². The zero-order valence-corrected chi connectivity index (χ0v) is 21.2. The Morgan fingerprint density at radius 1 is 0.686 bits per heavy atom. The minimum Gasteiger partial charge on any atom is -0.0840 e. The fraction of sp³-hybridized carbons (Fsp3) is 0.176. The van der Waals surface area contributed by atoms with Gasteiger partial charge in [0.1, 0.15) is 8.07 Å². The summed E-state index contributed by atoms with van der Waals surface area (Å²) < 4.78 is 0. The Hall–Kier alpha value is -3.42. The molecule has 0 spiro atoms. The number of hydrogen-bond acceptors (Lipinski definition) is 0. The molecule has 0 saturated carbocycles. The maximum atomic E-state index is 2.49. The molecule has 172 valence electrons. The van der Waals surface area contributed by atoms with Gasteiger partial charge in [0.05, 0.1) is 0 Å². The van der Waals surface area contributed by atoms with Gasteiger partial charge in [0.2, 0.25) is 0 Å². The van der Waals surface area contributed by atoms with Gasteiger partial charge in [0, 0.05) is 5.92 Å². The zero-order valence-electron chi connectivity index (χ0n) is 20.2. The Kier molecular flexibility index (Phi) is 6.10. The lowest BCUT2D eigenvalue weighted by atomic mass is 9.77. The van der Waals surface area contributed by atoms with Crippen molar-refractivity contribution in [3.63, 3.8) is 0 Å². The van der Waals surface area contributed by atoms with Crippen molar-refractivity contribution in [1.29, 1.82) is 0 Å². The van der Waals surface area contributed by atoms with E-state index in [1.807, 2.05) is 0 Å². The molecule has 1 atom stereocenters. The maximum Gasteiger partial charge on any atom is 0.126 e. The lowest BCUT2D eigenvalue weighted by Crippen LogP contribution is -2.58. The molecule has 0 saturated heterocycles. The van der Waals surface area contributed by atoms with Crippen molar-refractivity contribution in [3.8, 4) is 0 Å². The average Bonchev–Trinajstić information content (AvgIpc) is 2.94. The molecule has 1 heteroatoms. The highest BCUT2D eigenvalue weighted by atomic mass is 28.3. The van der Waals surface area contributed by atoms with E-state index in [9.17, 15) is 0 Å². The third-order valence-corrected chi connectivity index (χ3v) is 12.8. The summed E-state index contributed by atoms with van der Waals surface area (Å²) in [6, 6.07) is 34.3. The van der Waals surface area contributed by atoms with Crippen molar-refractivity contribution >= 4 is 24.0 Å². The Bertz CT molecular complexity index is 1310. The maximum absolute atomic E-state index is 2.49. The van der Waals surface area contributed by atoms with Crippen LogP contribution in [0.3, 0.4) is 0 Å². The van der Waals surface area contributed by atoms with E-state index in [-0.39, 0.29) is 0 Å². The average molecular weight is 469 g/mol. The Morgan fingerprint density at radius 2 is 1.40 bits per heavy atom. The molecule has 35 heavy (non-hydrogen) atoms. The van der Waals surface area contributed by atoms with Crippen molar-refractivity contribution in [2.75, 3.05) is 0 Å². The largest absolute Gasteiger partial charge is 0.126 e. The van der Waals surface area contributed by atoms with Crippen LogP contribution >= 0.6 is 0 Å². The molecule has 3 aliphatic carbocycles. The van der Waals surface area contributed by atoms with E-state index in [1.54, 1.807) is 5.57 Å². The number of allylic oxidation sites excluding steroid dienone is 10. The summed E-state index contributed by atoms with van der Waals surface area (Å²) in [5.41, 5.74) is 7.58. The van der Waals surface area contributed by atoms with Gasteiger partial charge < -0.3 is 0 Å². The molecular weight excluding hydrogens is 436 g/mol. The lowest BCUT2D eigenvalue weighted by Gasteiger charge is -2.38. The van der Waals surface area contributed by atoms with Gasteiger partial charge in [-0.2, -0.15) is 0 Å². The second-order valence-electron chi connectivity index (χ2n) is 10.1. The summed E-state index contributed by atoms with van der Waals surface area (Å²) in [5.74, 6) is 0.483. The first kappa shape index (κ1) is 22.1. The van der Waals surface area contributed by atoms with Gasteiger partial charge in [0.15, 0.2) is 0 Å². The lowest BCUT2D eigenvalue weighted by molar-refractivity contribution is 0.752. The van der Waals surface area contributed by atoms with Gasteiger partial charge in [-0.3, -0.25) is 0 Å². The summed E-state index contributed by atoms with van der Waals surface area (Å²) in [7, 11) is -2.20. The van der Waals surface area contributed by atoms with Crippen LogP contribution in [0.4, 0.5) is 0 Å².